The first kappa shape index (κ1) is 12.0. The van der Waals surface area contributed by atoms with E-state index >= 15 is 0 Å². The van der Waals surface area contributed by atoms with Crippen LogP contribution in [0, 0.1) is 12.8 Å². The third-order valence-corrected chi connectivity index (χ3v) is 3.22. The second-order valence-corrected chi connectivity index (χ2v) is 4.85. The Morgan fingerprint density at radius 2 is 2.00 bits per heavy atom. The van der Waals surface area contributed by atoms with Crippen LogP contribution in [0.5, 0.6) is 0 Å². The smallest absolute Gasteiger partial charge is 0.0635 e. The van der Waals surface area contributed by atoms with Gasteiger partial charge in [-0.25, -0.2) is 0 Å². The quantitative estimate of drug-likeness (QED) is 0.759. The molecule has 0 aliphatic heterocycles. The van der Waals surface area contributed by atoms with Crippen LogP contribution in [0.1, 0.15) is 19.5 Å². The van der Waals surface area contributed by atoms with E-state index in [9.17, 15) is 5.11 Å². The molecule has 0 bridgehead atoms. The van der Waals surface area contributed by atoms with Gasteiger partial charge in [-0.15, -0.1) is 0 Å². The lowest BCUT2D eigenvalue weighted by Crippen LogP contribution is -2.29. The highest BCUT2D eigenvalue weighted by atomic mass is 16.3. The average molecular weight is 232 g/mol. The fourth-order valence-corrected chi connectivity index (χ4v) is 2.07. The molecule has 0 aliphatic rings. The molecule has 3 heteroatoms. The van der Waals surface area contributed by atoms with Crippen LogP contribution in [-0.4, -0.2) is 22.7 Å². The highest BCUT2D eigenvalue weighted by Crippen LogP contribution is 2.28. The molecule has 2 rings (SSSR count). The van der Waals surface area contributed by atoms with Crippen molar-refractivity contribution in [2.24, 2.45) is 5.92 Å². The molecule has 92 valence electrons. The van der Waals surface area contributed by atoms with Crippen molar-refractivity contribution in [3.05, 3.63) is 30.0 Å². The lowest BCUT2D eigenvalue weighted by Gasteiger charge is -2.21. The number of anilines is 1. The molecule has 1 aromatic heterocycles. The van der Waals surface area contributed by atoms with Crippen molar-refractivity contribution in [2.45, 2.75) is 26.8 Å². The summed E-state index contributed by atoms with van der Waals surface area (Å²) in [5, 5.41) is 14.0. The summed E-state index contributed by atoms with van der Waals surface area (Å²) in [6.07, 6.45) is 0. The van der Waals surface area contributed by atoms with Crippen LogP contribution in [0.4, 0.5) is 5.69 Å². The van der Waals surface area contributed by atoms with E-state index in [0.29, 0.717) is 5.92 Å². The normalized spacial score (nSPS) is 13.2. The lowest BCUT2D eigenvalue weighted by molar-refractivity contribution is 0.249. The summed E-state index contributed by atoms with van der Waals surface area (Å²) < 4.78 is 0. The van der Waals surface area contributed by atoms with Crippen molar-refractivity contribution < 1.29 is 5.11 Å². The number of aromatic nitrogens is 1. The first-order valence-electron chi connectivity index (χ1n) is 6.08. The van der Waals surface area contributed by atoms with Crippen LogP contribution in [-0.2, 0) is 0 Å². The Morgan fingerprint density at radius 3 is 2.65 bits per heavy atom. The van der Waals surface area contributed by atoms with Gasteiger partial charge < -0.3 is 15.4 Å². The second kappa shape index (κ2) is 4.80. The topological polar surface area (TPSA) is 48.0 Å². The summed E-state index contributed by atoms with van der Waals surface area (Å²) >= 11 is 0. The number of benzene rings is 1. The molecule has 1 unspecified atom stereocenters. The fourth-order valence-electron chi connectivity index (χ4n) is 2.07. The van der Waals surface area contributed by atoms with Gasteiger partial charge in [0.25, 0.3) is 0 Å². The molecule has 0 spiro atoms. The molecule has 2 aromatic rings. The van der Waals surface area contributed by atoms with E-state index in [-0.39, 0.29) is 12.6 Å². The number of aliphatic hydroxyl groups excluding tert-OH is 1. The van der Waals surface area contributed by atoms with Crippen LogP contribution >= 0.6 is 0 Å². The highest BCUT2D eigenvalue weighted by molar-refractivity contribution is 5.94. The third kappa shape index (κ3) is 2.29. The Morgan fingerprint density at radius 1 is 1.29 bits per heavy atom. The lowest BCUT2D eigenvalue weighted by atomic mass is 10.0. The SMILES string of the molecule is Cc1[nH]c2ccccc2c1NC(CO)C(C)C. The molecule has 3 N–H and O–H groups in total. The van der Waals surface area contributed by atoms with Crippen LogP contribution < -0.4 is 5.32 Å². The molecule has 0 fully saturated rings. The molecule has 0 aliphatic carbocycles. The molecule has 3 nitrogen and oxygen atoms in total. The van der Waals surface area contributed by atoms with Crippen molar-refractivity contribution in [1.29, 1.82) is 0 Å². The molecular weight excluding hydrogens is 212 g/mol. The zero-order valence-electron chi connectivity index (χ0n) is 10.6. The van der Waals surface area contributed by atoms with E-state index in [4.69, 9.17) is 0 Å². The number of fused-ring (bicyclic) bond motifs is 1. The first-order valence-corrected chi connectivity index (χ1v) is 6.08. The summed E-state index contributed by atoms with van der Waals surface area (Å²) in [5.74, 6) is 0.396. The van der Waals surface area contributed by atoms with Gasteiger partial charge in [0.15, 0.2) is 0 Å². The number of H-pyrrole nitrogens is 1. The molecular formula is C14H20N2O. The maximum absolute atomic E-state index is 9.39. The van der Waals surface area contributed by atoms with Gasteiger partial charge in [0.1, 0.15) is 0 Å². The first-order chi connectivity index (χ1) is 8.13. The van der Waals surface area contributed by atoms with Crippen molar-refractivity contribution in [3.8, 4) is 0 Å². The van der Waals surface area contributed by atoms with E-state index in [1.807, 2.05) is 12.1 Å². The number of para-hydroxylation sites is 1. The number of rotatable bonds is 4. The van der Waals surface area contributed by atoms with Crippen LogP contribution in [0.15, 0.2) is 24.3 Å². The molecule has 0 saturated carbocycles. The summed E-state index contributed by atoms with van der Waals surface area (Å²) in [6.45, 7) is 6.42. The Bertz CT molecular complexity index is 502. The van der Waals surface area contributed by atoms with Gasteiger partial charge >= 0.3 is 0 Å². The number of hydrogen-bond acceptors (Lipinski definition) is 2. The fraction of sp³-hybridized carbons (Fsp3) is 0.429. The zero-order chi connectivity index (χ0) is 12.4. The van der Waals surface area contributed by atoms with E-state index in [1.165, 1.54) is 5.39 Å². The maximum Gasteiger partial charge on any atom is 0.0635 e. The standard InChI is InChI=1S/C14H20N2O/c1-9(2)13(8-17)16-14-10(3)15-12-7-5-4-6-11(12)14/h4-7,9,13,15-17H,8H2,1-3H3. The number of aromatic amines is 1. The van der Waals surface area contributed by atoms with Gasteiger partial charge in [-0.05, 0) is 18.9 Å². The minimum Gasteiger partial charge on any atom is -0.394 e. The van der Waals surface area contributed by atoms with E-state index in [0.717, 1.165) is 16.9 Å². The number of aryl methyl sites for hydroxylation is 1. The molecule has 1 atom stereocenters. The highest BCUT2D eigenvalue weighted by Gasteiger charge is 2.15. The molecule has 0 radical (unpaired) electrons. The molecule has 17 heavy (non-hydrogen) atoms. The predicted octanol–water partition coefficient (Wildman–Crippen LogP) is 2.91. The second-order valence-electron chi connectivity index (χ2n) is 4.85. The molecule has 0 amide bonds. The van der Waals surface area contributed by atoms with Crippen molar-refractivity contribution in [2.75, 3.05) is 11.9 Å². The predicted molar refractivity (Wildman–Crippen MR) is 72.4 cm³/mol. The summed E-state index contributed by atoms with van der Waals surface area (Å²) in [7, 11) is 0. The molecule has 1 heterocycles. The van der Waals surface area contributed by atoms with Gasteiger partial charge in [-0.1, -0.05) is 32.0 Å². The van der Waals surface area contributed by atoms with E-state index < -0.39 is 0 Å². The third-order valence-electron chi connectivity index (χ3n) is 3.22. The minimum absolute atomic E-state index is 0.0907. The zero-order valence-corrected chi connectivity index (χ0v) is 10.6. The van der Waals surface area contributed by atoms with Crippen molar-refractivity contribution in [1.82, 2.24) is 4.98 Å². The van der Waals surface area contributed by atoms with Gasteiger partial charge in [0, 0.05) is 16.6 Å². The largest absolute Gasteiger partial charge is 0.394 e. The van der Waals surface area contributed by atoms with Crippen LogP contribution in [0.25, 0.3) is 10.9 Å². The summed E-state index contributed by atoms with van der Waals surface area (Å²) in [6, 6.07) is 8.30. The Kier molecular flexibility index (Phi) is 3.38. The Balaban J connectivity index is 2.37. The van der Waals surface area contributed by atoms with Crippen LogP contribution in [0.3, 0.4) is 0 Å². The van der Waals surface area contributed by atoms with Crippen molar-refractivity contribution >= 4 is 16.6 Å². The number of nitrogens with one attached hydrogen (secondary N) is 2. The summed E-state index contributed by atoms with van der Waals surface area (Å²) in [4.78, 5) is 3.35. The monoisotopic (exact) mass is 232 g/mol. The van der Waals surface area contributed by atoms with Gasteiger partial charge in [-0.2, -0.15) is 0 Å². The van der Waals surface area contributed by atoms with Gasteiger partial charge in [0.05, 0.1) is 18.3 Å². The minimum atomic E-state index is 0.0907. The van der Waals surface area contributed by atoms with Crippen molar-refractivity contribution in [3.63, 3.8) is 0 Å². The maximum atomic E-state index is 9.39. The number of aliphatic hydroxyl groups is 1. The van der Waals surface area contributed by atoms with Gasteiger partial charge in [0.2, 0.25) is 0 Å². The molecule has 1 aromatic carbocycles. The van der Waals surface area contributed by atoms with E-state index in [1.54, 1.807) is 0 Å². The Hall–Kier alpha value is -1.48. The summed E-state index contributed by atoms with van der Waals surface area (Å²) in [5.41, 5.74) is 3.35. The number of hydrogen-bond donors (Lipinski definition) is 3. The van der Waals surface area contributed by atoms with E-state index in [2.05, 4.69) is 43.2 Å². The van der Waals surface area contributed by atoms with Gasteiger partial charge in [-0.3, -0.25) is 0 Å². The molecule has 0 saturated heterocycles. The average Bonchev–Trinajstić information content (AvgIpc) is 2.61. The van der Waals surface area contributed by atoms with Crippen LogP contribution in [0.2, 0.25) is 0 Å². The Labute approximate surface area is 102 Å².